The van der Waals surface area contributed by atoms with E-state index in [9.17, 15) is 8.78 Å². The molecule has 1 aromatic heterocycles. The topological polar surface area (TPSA) is 73.9 Å². The minimum atomic E-state index is -1.02. The molecule has 0 bridgehead atoms. The number of rotatable bonds is 3. The SMILES string of the molecule is Cc1ccc(-c2nc(N)nc(OC(C)C)n2)c(F)c1F. The van der Waals surface area contributed by atoms with Gasteiger partial charge in [0.2, 0.25) is 5.95 Å². The van der Waals surface area contributed by atoms with Crippen molar-refractivity contribution in [3.8, 4) is 17.4 Å². The van der Waals surface area contributed by atoms with Crippen LogP contribution in [0.2, 0.25) is 0 Å². The van der Waals surface area contributed by atoms with Crippen LogP contribution in [0.25, 0.3) is 11.4 Å². The second-order valence-corrected chi connectivity index (χ2v) is 4.52. The zero-order chi connectivity index (χ0) is 14.9. The lowest BCUT2D eigenvalue weighted by Crippen LogP contribution is -2.11. The average molecular weight is 280 g/mol. The van der Waals surface area contributed by atoms with Crippen molar-refractivity contribution in [3.63, 3.8) is 0 Å². The Hall–Kier alpha value is -2.31. The molecule has 1 heterocycles. The van der Waals surface area contributed by atoms with Crippen LogP contribution < -0.4 is 10.5 Å². The molecule has 0 aliphatic rings. The molecule has 0 unspecified atom stereocenters. The Morgan fingerprint density at radius 2 is 1.80 bits per heavy atom. The maximum absolute atomic E-state index is 13.9. The Morgan fingerprint density at radius 1 is 1.10 bits per heavy atom. The Kier molecular flexibility index (Phi) is 3.78. The van der Waals surface area contributed by atoms with Crippen LogP contribution in [0, 0.1) is 18.6 Å². The normalized spacial score (nSPS) is 10.9. The molecule has 0 atom stereocenters. The van der Waals surface area contributed by atoms with E-state index in [0.717, 1.165) is 0 Å². The molecule has 0 radical (unpaired) electrons. The summed E-state index contributed by atoms with van der Waals surface area (Å²) in [5, 5.41) is 0. The molecule has 0 saturated carbocycles. The van der Waals surface area contributed by atoms with Crippen LogP contribution in [0.3, 0.4) is 0 Å². The highest BCUT2D eigenvalue weighted by Gasteiger charge is 2.17. The van der Waals surface area contributed by atoms with Gasteiger partial charge in [0, 0.05) is 0 Å². The molecule has 2 rings (SSSR count). The van der Waals surface area contributed by atoms with E-state index in [1.54, 1.807) is 13.8 Å². The molecular weight excluding hydrogens is 266 g/mol. The van der Waals surface area contributed by atoms with Crippen molar-refractivity contribution in [3.05, 3.63) is 29.3 Å². The van der Waals surface area contributed by atoms with E-state index >= 15 is 0 Å². The number of anilines is 1. The first kappa shape index (κ1) is 14.1. The van der Waals surface area contributed by atoms with Gasteiger partial charge in [0.25, 0.3) is 0 Å². The molecule has 2 N–H and O–H groups in total. The summed E-state index contributed by atoms with van der Waals surface area (Å²) in [6, 6.07) is 2.81. The summed E-state index contributed by atoms with van der Waals surface area (Å²) in [4.78, 5) is 11.5. The van der Waals surface area contributed by atoms with E-state index in [1.807, 2.05) is 0 Å². The van der Waals surface area contributed by atoms with Gasteiger partial charge >= 0.3 is 6.01 Å². The fraction of sp³-hybridized carbons (Fsp3) is 0.308. The average Bonchev–Trinajstić information content (AvgIpc) is 2.34. The third-order valence-electron chi connectivity index (χ3n) is 2.49. The Bertz CT molecular complexity index is 647. The van der Waals surface area contributed by atoms with Crippen molar-refractivity contribution in [1.29, 1.82) is 0 Å². The van der Waals surface area contributed by atoms with Gasteiger partial charge in [-0.05, 0) is 32.4 Å². The molecule has 1 aromatic carbocycles. The first-order chi connectivity index (χ1) is 9.38. The highest BCUT2D eigenvalue weighted by atomic mass is 19.2. The number of hydrogen-bond acceptors (Lipinski definition) is 5. The number of aromatic nitrogens is 3. The summed E-state index contributed by atoms with van der Waals surface area (Å²) in [5.74, 6) is -2.14. The summed E-state index contributed by atoms with van der Waals surface area (Å²) in [7, 11) is 0. The van der Waals surface area contributed by atoms with Crippen molar-refractivity contribution in [2.24, 2.45) is 0 Å². The van der Waals surface area contributed by atoms with E-state index in [0.29, 0.717) is 0 Å². The number of nitrogens with zero attached hydrogens (tertiary/aromatic N) is 3. The quantitative estimate of drug-likeness (QED) is 0.935. The maximum atomic E-state index is 13.9. The van der Waals surface area contributed by atoms with E-state index in [2.05, 4.69) is 15.0 Å². The fourth-order valence-electron chi connectivity index (χ4n) is 1.57. The van der Waals surface area contributed by atoms with E-state index < -0.39 is 11.6 Å². The largest absolute Gasteiger partial charge is 0.461 e. The smallest absolute Gasteiger partial charge is 0.322 e. The zero-order valence-electron chi connectivity index (χ0n) is 11.3. The predicted octanol–water partition coefficient (Wildman–Crippen LogP) is 2.49. The first-order valence-corrected chi connectivity index (χ1v) is 6.01. The molecule has 2 aromatic rings. The van der Waals surface area contributed by atoms with Gasteiger partial charge < -0.3 is 10.5 Å². The Morgan fingerprint density at radius 3 is 2.45 bits per heavy atom. The molecule has 0 amide bonds. The molecule has 5 nitrogen and oxygen atoms in total. The van der Waals surface area contributed by atoms with E-state index in [1.165, 1.54) is 19.1 Å². The molecule has 0 aliphatic carbocycles. The second kappa shape index (κ2) is 5.36. The number of hydrogen-bond donors (Lipinski definition) is 1. The summed E-state index contributed by atoms with van der Waals surface area (Å²) in [6.07, 6.45) is -0.177. The molecule has 0 fully saturated rings. The summed E-state index contributed by atoms with van der Waals surface area (Å²) in [6.45, 7) is 5.04. The van der Waals surface area contributed by atoms with Gasteiger partial charge in [0.1, 0.15) is 0 Å². The van der Waals surface area contributed by atoms with Gasteiger partial charge in [-0.2, -0.15) is 15.0 Å². The summed E-state index contributed by atoms with van der Waals surface area (Å²) in [5.41, 5.74) is 5.65. The molecule has 0 saturated heterocycles. The first-order valence-electron chi connectivity index (χ1n) is 6.01. The third-order valence-corrected chi connectivity index (χ3v) is 2.49. The molecule has 106 valence electrons. The zero-order valence-corrected chi connectivity index (χ0v) is 11.3. The lowest BCUT2D eigenvalue weighted by Gasteiger charge is -2.10. The lowest BCUT2D eigenvalue weighted by atomic mass is 10.1. The van der Waals surface area contributed by atoms with Crippen LogP contribution in [-0.2, 0) is 0 Å². The van der Waals surface area contributed by atoms with Crippen LogP contribution in [0.4, 0.5) is 14.7 Å². The van der Waals surface area contributed by atoms with Crippen LogP contribution in [0.5, 0.6) is 6.01 Å². The number of nitrogens with two attached hydrogens (primary N) is 1. The predicted molar refractivity (Wildman–Crippen MR) is 70.1 cm³/mol. The number of nitrogen functional groups attached to an aromatic ring is 1. The summed E-state index contributed by atoms with van der Waals surface area (Å²) < 4.78 is 32.8. The molecular formula is C13H14F2N4O. The lowest BCUT2D eigenvalue weighted by molar-refractivity contribution is 0.222. The highest BCUT2D eigenvalue weighted by molar-refractivity contribution is 5.58. The number of halogens is 2. The van der Waals surface area contributed by atoms with Crippen LogP contribution in [-0.4, -0.2) is 21.1 Å². The Labute approximate surface area is 114 Å². The van der Waals surface area contributed by atoms with Crippen molar-refractivity contribution in [2.45, 2.75) is 26.9 Å². The minimum Gasteiger partial charge on any atom is -0.461 e. The van der Waals surface area contributed by atoms with Gasteiger partial charge in [0.05, 0.1) is 11.7 Å². The van der Waals surface area contributed by atoms with Gasteiger partial charge in [-0.3, -0.25) is 0 Å². The van der Waals surface area contributed by atoms with Crippen molar-refractivity contribution >= 4 is 5.95 Å². The van der Waals surface area contributed by atoms with E-state index in [-0.39, 0.29) is 35.0 Å². The number of benzene rings is 1. The van der Waals surface area contributed by atoms with Gasteiger partial charge in [-0.1, -0.05) is 6.07 Å². The van der Waals surface area contributed by atoms with Crippen molar-refractivity contribution in [1.82, 2.24) is 15.0 Å². The monoisotopic (exact) mass is 280 g/mol. The molecule has 0 aliphatic heterocycles. The van der Waals surface area contributed by atoms with Crippen LogP contribution in [0.1, 0.15) is 19.4 Å². The summed E-state index contributed by atoms with van der Waals surface area (Å²) >= 11 is 0. The van der Waals surface area contributed by atoms with Gasteiger partial charge in [-0.15, -0.1) is 0 Å². The second-order valence-electron chi connectivity index (χ2n) is 4.52. The standard InChI is InChI=1S/C13H14F2N4O/c1-6(2)20-13-18-11(17-12(16)19-13)8-5-4-7(3)9(14)10(8)15/h4-6H,1-3H3,(H2,16,17,18,19). The minimum absolute atomic E-state index is 0.0251. The van der Waals surface area contributed by atoms with Crippen molar-refractivity contribution in [2.75, 3.05) is 5.73 Å². The van der Waals surface area contributed by atoms with Crippen LogP contribution >= 0.6 is 0 Å². The van der Waals surface area contributed by atoms with Gasteiger partial charge in [0.15, 0.2) is 17.5 Å². The number of aryl methyl sites for hydroxylation is 1. The number of ether oxygens (including phenoxy) is 1. The maximum Gasteiger partial charge on any atom is 0.322 e. The van der Waals surface area contributed by atoms with Crippen molar-refractivity contribution < 1.29 is 13.5 Å². The van der Waals surface area contributed by atoms with E-state index in [4.69, 9.17) is 10.5 Å². The fourth-order valence-corrected chi connectivity index (χ4v) is 1.57. The van der Waals surface area contributed by atoms with Crippen LogP contribution in [0.15, 0.2) is 12.1 Å². The Balaban J connectivity index is 2.53. The molecule has 0 spiro atoms. The highest BCUT2D eigenvalue weighted by Crippen LogP contribution is 2.25. The third kappa shape index (κ3) is 2.81. The van der Waals surface area contributed by atoms with Gasteiger partial charge in [-0.25, -0.2) is 8.78 Å². The molecule has 20 heavy (non-hydrogen) atoms. The molecule has 7 heteroatoms.